The summed E-state index contributed by atoms with van der Waals surface area (Å²) in [6, 6.07) is 14.7. The molecule has 28 heavy (non-hydrogen) atoms. The first-order chi connectivity index (χ1) is 13.6. The zero-order valence-corrected chi connectivity index (χ0v) is 15.3. The molecule has 0 aromatic heterocycles. The van der Waals surface area contributed by atoms with E-state index < -0.39 is 6.10 Å². The minimum absolute atomic E-state index is 0.0550. The summed E-state index contributed by atoms with van der Waals surface area (Å²) in [5, 5.41) is 5.56. The minimum atomic E-state index is -0.849. The molecule has 2 aromatic rings. The van der Waals surface area contributed by atoms with E-state index in [1.807, 2.05) is 30.3 Å². The van der Waals surface area contributed by atoms with E-state index in [-0.39, 0.29) is 24.1 Å². The molecule has 4 rings (SSSR count). The Morgan fingerprint density at radius 3 is 2.68 bits per heavy atom. The lowest BCUT2D eigenvalue weighted by molar-refractivity contribution is -0.130. The van der Waals surface area contributed by atoms with Crippen LogP contribution >= 0.6 is 0 Å². The van der Waals surface area contributed by atoms with Crippen LogP contribution in [0.1, 0.15) is 24.8 Å². The van der Waals surface area contributed by atoms with Gasteiger partial charge in [-0.2, -0.15) is 0 Å². The maximum atomic E-state index is 12.2. The standard InChI is InChI=1S/C21H21N3O4/c25-19(12-18-21(27)23-16-4-1-2-5-17(16)28-18)22-13-14-7-9-15(10-8-14)24-11-3-6-20(24)26/h1-2,4-5,7-10,18H,3,6,11-13H2,(H,22,25)(H,23,27)/t18-/m1/s1. The molecule has 2 heterocycles. The predicted octanol–water partition coefficient (Wildman–Crippen LogP) is 2.22. The second-order valence-corrected chi connectivity index (χ2v) is 6.89. The summed E-state index contributed by atoms with van der Waals surface area (Å²) in [5.74, 6) is 0.118. The number of benzene rings is 2. The number of para-hydroxylation sites is 2. The van der Waals surface area contributed by atoms with Gasteiger partial charge in [0.2, 0.25) is 11.8 Å². The molecule has 0 radical (unpaired) electrons. The number of rotatable bonds is 5. The van der Waals surface area contributed by atoms with Gasteiger partial charge in [0.1, 0.15) is 5.75 Å². The lowest BCUT2D eigenvalue weighted by atomic mass is 10.1. The molecule has 7 nitrogen and oxygen atoms in total. The first-order valence-corrected chi connectivity index (χ1v) is 9.33. The van der Waals surface area contributed by atoms with Crippen LogP contribution in [0.2, 0.25) is 0 Å². The number of carbonyl (C=O) groups excluding carboxylic acids is 3. The van der Waals surface area contributed by atoms with Gasteiger partial charge in [-0.25, -0.2) is 0 Å². The van der Waals surface area contributed by atoms with Gasteiger partial charge >= 0.3 is 0 Å². The van der Waals surface area contributed by atoms with Crippen molar-refractivity contribution in [3.05, 3.63) is 54.1 Å². The lowest BCUT2D eigenvalue weighted by Gasteiger charge is -2.25. The Morgan fingerprint density at radius 1 is 1.14 bits per heavy atom. The number of carbonyl (C=O) groups is 3. The first kappa shape index (κ1) is 18.0. The van der Waals surface area contributed by atoms with Crippen molar-refractivity contribution in [1.82, 2.24) is 5.32 Å². The summed E-state index contributed by atoms with van der Waals surface area (Å²) >= 11 is 0. The largest absolute Gasteiger partial charge is 0.478 e. The third-order valence-corrected chi connectivity index (χ3v) is 4.89. The fourth-order valence-corrected chi connectivity index (χ4v) is 3.38. The van der Waals surface area contributed by atoms with Crippen LogP contribution in [0.5, 0.6) is 5.75 Å². The zero-order chi connectivity index (χ0) is 19.5. The topological polar surface area (TPSA) is 87.7 Å². The van der Waals surface area contributed by atoms with Gasteiger partial charge in [-0.05, 0) is 36.2 Å². The molecule has 1 atom stereocenters. The second-order valence-electron chi connectivity index (χ2n) is 6.89. The van der Waals surface area contributed by atoms with Crippen molar-refractivity contribution in [1.29, 1.82) is 0 Å². The Labute approximate surface area is 162 Å². The van der Waals surface area contributed by atoms with E-state index in [1.165, 1.54) is 0 Å². The van der Waals surface area contributed by atoms with Gasteiger partial charge in [-0.15, -0.1) is 0 Å². The number of nitrogens with one attached hydrogen (secondary N) is 2. The Morgan fingerprint density at radius 2 is 1.93 bits per heavy atom. The highest BCUT2D eigenvalue weighted by Gasteiger charge is 2.29. The summed E-state index contributed by atoms with van der Waals surface area (Å²) in [5.41, 5.74) is 2.41. The van der Waals surface area contributed by atoms with E-state index in [2.05, 4.69) is 10.6 Å². The van der Waals surface area contributed by atoms with Crippen LogP contribution in [0.4, 0.5) is 11.4 Å². The monoisotopic (exact) mass is 379 g/mol. The molecule has 3 amide bonds. The van der Waals surface area contributed by atoms with Crippen molar-refractivity contribution in [3.8, 4) is 5.75 Å². The van der Waals surface area contributed by atoms with Gasteiger partial charge in [0.25, 0.3) is 5.91 Å². The summed E-state index contributed by atoms with van der Waals surface area (Å²) in [4.78, 5) is 37.9. The maximum absolute atomic E-state index is 12.2. The summed E-state index contributed by atoms with van der Waals surface area (Å²) in [7, 11) is 0. The molecule has 0 bridgehead atoms. The number of hydrogen-bond acceptors (Lipinski definition) is 4. The molecule has 2 aromatic carbocycles. The molecule has 2 aliphatic heterocycles. The van der Waals surface area contributed by atoms with Gasteiger partial charge in [0.15, 0.2) is 6.10 Å². The molecular weight excluding hydrogens is 358 g/mol. The smallest absolute Gasteiger partial charge is 0.266 e. The predicted molar refractivity (Wildman–Crippen MR) is 104 cm³/mol. The van der Waals surface area contributed by atoms with Crippen LogP contribution in [0.25, 0.3) is 0 Å². The van der Waals surface area contributed by atoms with Crippen LogP contribution < -0.4 is 20.3 Å². The maximum Gasteiger partial charge on any atom is 0.266 e. The van der Waals surface area contributed by atoms with Gasteiger partial charge in [-0.1, -0.05) is 24.3 Å². The lowest BCUT2D eigenvalue weighted by Crippen LogP contribution is -2.40. The molecule has 0 saturated carbocycles. The number of fused-ring (bicyclic) bond motifs is 1. The molecule has 1 fully saturated rings. The first-order valence-electron chi connectivity index (χ1n) is 9.33. The Balaban J connectivity index is 1.30. The SMILES string of the molecule is O=C(C[C@H]1Oc2ccccc2NC1=O)NCc1ccc(N2CCCC2=O)cc1. The van der Waals surface area contributed by atoms with Crippen molar-refractivity contribution in [3.63, 3.8) is 0 Å². The van der Waals surface area contributed by atoms with Gasteiger partial charge in [0, 0.05) is 25.2 Å². The molecule has 1 saturated heterocycles. The Bertz CT molecular complexity index is 910. The van der Waals surface area contributed by atoms with Crippen molar-refractivity contribution in [2.45, 2.75) is 31.9 Å². The van der Waals surface area contributed by atoms with Crippen molar-refractivity contribution >= 4 is 29.1 Å². The number of hydrogen-bond donors (Lipinski definition) is 2. The highest BCUT2D eigenvalue weighted by molar-refractivity contribution is 6.00. The fourth-order valence-electron chi connectivity index (χ4n) is 3.38. The van der Waals surface area contributed by atoms with Crippen LogP contribution in [0, 0.1) is 0 Å². The van der Waals surface area contributed by atoms with Crippen LogP contribution in [0.3, 0.4) is 0 Å². The third-order valence-electron chi connectivity index (χ3n) is 4.89. The highest BCUT2D eigenvalue weighted by atomic mass is 16.5. The number of ether oxygens (including phenoxy) is 1. The normalized spacial score (nSPS) is 18.3. The Hall–Kier alpha value is -3.35. The number of amides is 3. The molecule has 0 aliphatic carbocycles. The van der Waals surface area contributed by atoms with Gasteiger partial charge in [-0.3, -0.25) is 14.4 Å². The van der Waals surface area contributed by atoms with Crippen LogP contribution in [0.15, 0.2) is 48.5 Å². The average Bonchev–Trinajstić information content (AvgIpc) is 3.13. The van der Waals surface area contributed by atoms with E-state index in [4.69, 9.17) is 4.74 Å². The molecule has 0 unspecified atom stereocenters. The van der Waals surface area contributed by atoms with Gasteiger partial charge < -0.3 is 20.3 Å². The minimum Gasteiger partial charge on any atom is -0.478 e. The summed E-state index contributed by atoms with van der Waals surface area (Å²) < 4.78 is 5.64. The molecule has 2 N–H and O–H groups in total. The van der Waals surface area contributed by atoms with E-state index in [9.17, 15) is 14.4 Å². The van der Waals surface area contributed by atoms with E-state index in [0.717, 1.165) is 24.2 Å². The fraction of sp³-hybridized carbons (Fsp3) is 0.286. The van der Waals surface area contributed by atoms with Crippen LogP contribution in [-0.2, 0) is 20.9 Å². The van der Waals surface area contributed by atoms with Crippen molar-refractivity contribution < 1.29 is 19.1 Å². The third kappa shape index (κ3) is 3.83. The summed E-state index contributed by atoms with van der Waals surface area (Å²) in [6.45, 7) is 1.10. The molecule has 7 heteroatoms. The average molecular weight is 379 g/mol. The molecule has 144 valence electrons. The van der Waals surface area contributed by atoms with Gasteiger partial charge in [0.05, 0.1) is 12.1 Å². The van der Waals surface area contributed by atoms with E-state index >= 15 is 0 Å². The van der Waals surface area contributed by atoms with Crippen molar-refractivity contribution in [2.75, 3.05) is 16.8 Å². The highest BCUT2D eigenvalue weighted by Crippen LogP contribution is 2.29. The second kappa shape index (κ2) is 7.72. The van der Waals surface area contributed by atoms with Crippen molar-refractivity contribution in [2.24, 2.45) is 0 Å². The van der Waals surface area contributed by atoms with E-state index in [1.54, 1.807) is 23.1 Å². The molecule has 2 aliphatic rings. The zero-order valence-electron chi connectivity index (χ0n) is 15.3. The van der Waals surface area contributed by atoms with E-state index in [0.29, 0.717) is 24.4 Å². The molecular formula is C21H21N3O4. The molecule has 0 spiro atoms. The quantitative estimate of drug-likeness (QED) is 0.834. The van der Waals surface area contributed by atoms with Crippen LogP contribution in [-0.4, -0.2) is 30.4 Å². The summed E-state index contributed by atoms with van der Waals surface area (Å²) in [6.07, 6.45) is 0.579. The number of nitrogens with zero attached hydrogens (tertiary/aromatic N) is 1. The Kier molecular flexibility index (Phi) is 4.97. The number of anilines is 2.